The van der Waals surface area contributed by atoms with Gasteiger partial charge < -0.3 is 14.2 Å². The summed E-state index contributed by atoms with van der Waals surface area (Å²) in [5, 5.41) is 0. The molecular formula is C24H18O3. The average molecular weight is 354 g/mol. The van der Waals surface area contributed by atoms with E-state index in [9.17, 15) is 0 Å². The van der Waals surface area contributed by atoms with Crippen LogP contribution in [0.2, 0.25) is 0 Å². The summed E-state index contributed by atoms with van der Waals surface area (Å²) in [4.78, 5) is 0. The van der Waals surface area contributed by atoms with Crippen LogP contribution in [0, 0.1) is 0 Å². The Morgan fingerprint density at radius 3 is 1.07 bits per heavy atom. The fourth-order valence-corrected chi connectivity index (χ4v) is 2.56. The lowest BCUT2D eigenvalue weighted by Crippen LogP contribution is -1.88. The van der Waals surface area contributed by atoms with Crippen LogP contribution in [0.5, 0.6) is 34.5 Å². The molecule has 132 valence electrons. The summed E-state index contributed by atoms with van der Waals surface area (Å²) in [6, 6.07) is 34.4. The van der Waals surface area contributed by atoms with Gasteiger partial charge in [-0.25, -0.2) is 0 Å². The quantitative estimate of drug-likeness (QED) is 0.371. The van der Waals surface area contributed by atoms with Crippen molar-refractivity contribution in [2.24, 2.45) is 0 Å². The first-order chi connectivity index (χ1) is 13.3. The van der Waals surface area contributed by atoms with Gasteiger partial charge in [0, 0.05) is 6.07 Å². The summed E-state index contributed by atoms with van der Waals surface area (Å²) in [5.41, 5.74) is 0. The van der Waals surface area contributed by atoms with Gasteiger partial charge in [0.1, 0.15) is 34.5 Å². The van der Waals surface area contributed by atoms with E-state index in [4.69, 9.17) is 14.2 Å². The predicted octanol–water partition coefficient (Wildman–Crippen LogP) is 7.06. The minimum atomic E-state index is 0.708. The third-order valence-corrected chi connectivity index (χ3v) is 3.82. The van der Waals surface area contributed by atoms with E-state index in [2.05, 4.69) is 0 Å². The van der Waals surface area contributed by atoms with E-state index in [1.54, 1.807) is 0 Å². The van der Waals surface area contributed by atoms with Crippen LogP contribution in [0.3, 0.4) is 0 Å². The van der Waals surface area contributed by atoms with Crippen LogP contribution >= 0.6 is 0 Å². The van der Waals surface area contributed by atoms with Crippen LogP contribution in [-0.4, -0.2) is 0 Å². The minimum absolute atomic E-state index is 0.708. The zero-order valence-electron chi connectivity index (χ0n) is 14.6. The van der Waals surface area contributed by atoms with Crippen molar-refractivity contribution in [1.29, 1.82) is 0 Å². The second kappa shape index (κ2) is 8.11. The number of benzene rings is 4. The van der Waals surface area contributed by atoms with Crippen molar-refractivity contribution < 1.29 is 14.2 Å². The Balaban J connectivity index is 1.42. The van der Waals surface area contributed by atoms with Gasteiger partial charge in [0.05, 0.1) is 0 Å². The van der Waals surface area contributed by atoms with Gasteiger partial charge in [-0.2, -0.15) is 0 Å². The summed E-state index contributed by atoms with van der Waals surface area (Å²) in [5.74, 6) is 4.51. The fraction of sp³-hybridized carbons (Fsp3) is 0. The van der Waals surface area contributed by atoms with Gasteiger partial charge >= 0.3 is 0 Å². The summed E-state index contributed by atoms with van der Waals surface area (Å²) >= 11 is 0. The van der Waals surface area contributed by atoms with Gasteiger partial charge in [-0.05, 0) is 60.7 Å². The molecule has 4 aromatic rings. The van der Waals surface area contributed by atoms with E-state index in [0.717, 1.165) is 28.7 Å². The number of ether oxygens (including phenoxy) is 3. The Bertz CT molecular complexity index is 981. The van der Waals surface area contributed by atoms with Gasteiger partial charge in [-0.3, -0.25) is 0 Å². The Hall–Kier alpha value is -3.72. The van der Waals surface area contributed by atoms with Crippen LogP contribution in [0.25, 0.3) is 0 Å². The van der Waals surface area contributed by atoms with Gasteiger partial charge in [-0.15, -0.1) is 0 Å². The topological polar surface area (TPSA) is 27.7 Å². The zero-order valence-corrected chi connectivity index (χ0v) is 14.6. The molecule has 0 atom stereocenters. The Labute approximate surface area is 158 Å². The average Bonchev–Trinajstić information content (AvgIpc) is 2.71. The standard InChI is InChI=1S/C24H18O3/c1-3-8-19(9-4-1)25-21-14-16-22(17-15-21)27-24-13-7-12-23(18-24)26-20-10-5-2-6-11-20/h1-18H. The van der Waals surface area contributed by atoms with Gasteiger partial charge in [-0.1, -0.05) is 42.5 Å². The van der Waals surface area contributed by atoms with Crippen molar-refractivity contribution >= 4 is 0 Å². The molecule has 4 rings (SSSR count). The highest BCUT2D eigenvalue weighted by atomic mass is 16.5. The summed E-state index contributed by atoms with van der Waals surface area (Å²) in [6.45, 7) is 0. The Morgan fingerprint density at radius 2 is 0.630 bits per heavy atom. The van der Waals surface area contributed by atoms with E-state index in [0.29, 0.717) is 5.75 Å². The van der Waals surface area contributed by atoms with Crippen LogP contribution in [-0.2, 0) is 0 Å². The molecule has 0 radical (unpaired) electrons. The van der Waals surface area contributed by atoms with Crippen molar-refractivity contribution in [2.45, 2.75) is 0 Å². The Kier molecular flexibility index (Phi) is 5.02. The molecule has 0 aromatic heterocycles. The largest absolute Gasteiger partial charge is 0.457 e. The van der Waals surface area contributed by atoms with E-state index in [1.165, 1.54) is 0 Å². The van der Waals surface area contributed by atoms with E-state index >= 15 is 0 Å². The lowest BCUT2D eigenvalue weighted by atomic mass is 10.3. The molecule has 3 nitrogen and oxygen atoms in total. The molecule has 0 aliphatic carbocycles. The lowest BCUT2D eigenvalue weighted by Gasteiger charge is -2.10. The normalized spacial score (nSPS) is 10.2. The SMILES string of the molecule is c1ccc(Oc2ccc(Oc3cccc(Oc4ccccc4)c3)cc2)cc1. The molecule has 3 heteroatoms. The summed E-state index contributed by atoms with van der Waals surface area (Å²) < 4.78 is 17.6. The van der Waals surface area contributed by atoms with Crippen molar-refractivity contribution in [1.82, 2.24) is 0 Å². The highest BCUT2D eigenvalue weighted by Gasteiger charge is 2.03. The predicted molar refractivity (Wildman–Crippen MR) is 106 cm³/mol. The fourth-order valence-electron chi connectivity index (χ4n) is 2.56. The zero-order chi connectivity index (χ0) is 18.3. The third-order valence-electron chi connectivity index (χ3n) is 3.82. The molecule has 0 spiro atoms. The first-order valence-corrected chi connectivity index (χ1v) is 8.69. The minimum Gasteiger partial charge on any atom is -0.457 e. The monoisotopic (exact) mass is 354 g/mol. The number of para-hydroxylation sites is 2. The van der Waals surface area contributed by atoms with Crippen molar-refractivity contribution in [3.05, 3.63) is 109 Å². The smallest absolute Gasteiger partial charge is 0.131 e. The molecular weight excluding hydrogens is 336 g/mol. The molecule has 0 aliphatic rings. The first-order valence-electron chi connectivity index (χ1n) is 8.69. The van der Waals surface area contributed by atoms with Gasteiger partial charge in [0.2, 0.25) is 0 Å². The Morgan fingerprint density at radius 1 is 0.296 bits per heavy atom. The van der Waals surface area contributed by atoms with Crippen molar-refractivity contribution in [3.63, 3.8) is 0 Å². The molecule has 27 heavy (non-hydrogen) atoms. The lowest BCUT2D eigenvalue weighted by molar-refractivity contribution is 0.457. The molecule has 0 heterocycles. The third kappa shape index (κ3) is 4.67. The van der Waals surface area contributed by atoms with Crippen LogP contribution in [0.15, 0.2) is 109 Å². The van der Waals surface area contributed by atoms with Gasteiger partial charge in [0.25, 0.3) is 0 Å². The highest BCUT2D eigenvalue weighted by molar-refractivity contribution is 5.41. The summed E-state index contributed by atoms with van der Waals surface area (Å²) in [7, 11) is 0. The van der Waals surface area contributed by atoms with Crippen LogP contribution < -0.4 is 14.2 Å². The molecule has 0 unspecified atom stereocenters. The highest BCUT2D eigenvalue weighted by Crippen LogP contribution is 2.30. The van der Waals surface area contributed by atoms with Gasteiger partial charge in [0.15, 0.2) is 0 Å². The first kappa shape index (κ1) is 16.7. The molecule has 0 aliphatic heterocycles. The number of hydrogen-bond acceptors (Lipinski definition) is 3. The van der Waals surface area contributed by atoms with Crippen LogP contribution in [0.4, 0.5) is 0 Å². The summed E-state index contributed by atoms with van der Waals surface area (Å²) in [6.07, 6.45) is 0. The van der Waals surface area contributed by atoms with E-state index in [1.807, 2.05) is 109 Å². The molecule has 0 N–H and O–H groups in total. The maximum atomic E-state index is 5.93. The molecule has 0 saturated heterocycles. The second-order valence-corrected chi connectivity index (χ2v) is 5.88. The van der Waals surface area contributed by atoms with Crippen molar-refractivity contribution in [3.8, 4) is 34.5 Å². The molecule has 0 bridgehead atoms. The molecule has 0 saturated carbocycles. The van der Waals surface area contributed by atoms with Crippen molar-refractivity contribution in [2.75, 3.05) is 0 Å². The molecule has 4 aromatic carbocycles. The molecule has 0 amide bonds. The van der Waals surface area contributed by atoms with E-state index in [-0.39, 0.29) is 0 Å². The van der Waals surface area contributed by atoms with E-state index < -0.39 is 0 Å². The maximum Gasteiger partial charge on any atom is 0.131 e. The number of hydrogen-bond donors (Lipinski definition) is 0. The number of rotatable bonds is 6. The maximum absolute atomic E-state index is 5.93. The second-order valence-electron chi connectivity index (χ2n) is 5.88. The molecule has 0 fully saturated rings. The van der Waals surface area contributed by atoms with Crippen LogP contribution in [0.1, 0.15) is 0 Å².